The number of fused-ring (bicyclic) bond motifs is 1. The second-order valence-electron chi connectivity index (χ2n) is 7.16. The molecule has 0 saturated carbocycles. The zero-order valence-corrected chi connectivity index (χ0v) is 15.8. The number of nitrogens with zero attached hydrogens (tertiary/aromatic N) is 2. The van der Waals surface area contributed by atoms with Crippen molar-refractivity contribution in [2.45, 2.75) is 51.4 Å². The molecule has 0 unspecified atom stereocenters. The predicted octanol–water partition coefficient (Wildman–Crippen LogP) is 4.07. The van der Waals surface area contributed by atoms with Gasteiger partial charge in [0.1, 0.15) is 11.9 Å². The lowest BCUT2D eigenvalue weighted by Crippen LogP contribution is -2.43. The van der Waals surface area contributed by atoms with E-state index in [0.29, 0.717) is 5.56 Å². The summed E-state index contributed by atoms with van der Waals surface area (Å²) in [5, 5.41) is 3.20. The standard InChI is InChI=1S/C22H25N3O2/c1-3-18-13-17(24-22(26)16-9-5-4-6-10-16)14-20(27-18)21-19-11-7-8-12-25(19)15(2)23-21/h4-12,17-18,20H,3,13-14H2,1-2H3,(H,24,26)/t17-,18+,20+/m1/s1. The van der Waals surface area contributed by atoms with E-state index in [2.05, 4.69) is 22.7 Å². The van der Waals surface area contributed by atoms with Crippen molar-refractivity contribution in [2.75, 3.05) is 0 Å². The van der Waals surface area contributed by atoms with E-state index < -0.39 is 0 Å². The second kappa shape index (κ2) is 7.53. The van der Waals surface area contributed by atoms with Crippen molar-refractivity contribution in [1.29, 1.82) is 0 Å². The third-order valence-corrected chi connectivity index (χ3v) is 5.29. The molecule has 1 aliphatic heterocycles. The minimum absolute atomic E-state index is 0.0259. The molecule has 1 N–H and O–H groups in total. The van der Waals surface area contributed by atoms with Crippen LogP contribution in [0.5, 0.6) is 0 Å². The van der Waals surface area contributed by atoms with Crippen LogP contribution in [0.3, 0.4) is 0 Å². The van der Waals surface area contributed by atoms with Gasteiger partial charge < -0.3 is 14.5 Å². The number of hydrogen-bond acceptors (Lipinski definition) is 3. The van der Waals surface area contributed by atoms with Crippen LogP contribution in [0.25, 0.3) is 5.52 Å². The molecule has 0 radical (unpaired) electrons. The Kier molecular flexibility index (Phi) is 4.94. The first-order valence-electron chi connectivity index (χ1n) is 9.60. The first kappa shape index (κ1) is 17.7. The van der Waals surface area contributed by atoms with Crippen LogP contribution in [-0.4, -0.2) is 27.4 Å². The summed E-state index contributed by atoms with van der Waals surface area (Å²) in [5.74, 6) is 0.926. The molecule has 27 heavy (non-hydrogen) atoms. The van der Waals surface area contributed by atoms with E-state index in [9.17, 15) is 4.79 Å². The van der Waals surface area contributed by atoms with Crippen molar-refractivity contribution < 1.29 is 9.53 Å². The van der Waals surface area contributed by atoms with E-state index >= 15 is 0 Å². The molecular formula is C22H25N3O2. The molecule has 3 atom stereocenters. The Bertz CT molecular complexity index is 935. The third-order valence-electron chi connectivity index (χ3n) is 5.29. The third kappa shape index (κ3) is 3.60. The summed E-state index contributed by atoms with van der Waals surface area (Å²) in [6.07, 6.45) is 4.50. The molecule has 140 valence electrons. The molecule has 1 aromatic carbocycles. The minimum atomic E-state index is -0.115. The smallest absolute Gasteiger partial charge is 0.251 e. The molecule has 0 spiro atoms. The van der Waals surface area contributed by atoms with Crippen molar-refractivity contribution in [2.24, 2.45) is 0 Å². The minimum Gasteiger partial charge on any atom is -0.368 e. The zero-order valence-electron chi connectivity index (χ0n) is 15.8. The van der Waals surface area contributed by atoms with E-state index in [0.717, 1.165) is 36.3 Å². The van der Waals surface area contributed by atoms with Gasteiger partial charge in [0, 0.05) is 17.8 Å². The van der Waals surface area contributed by atoms with E-state index in [1.54, 1.807) is 0 Å². The fraction of sp³-hybridized carbons (Fsp3) is 0.364. The van der Waals surface area contributed by atoms with Crippen molar-refractivity contribution in [1.82, 2.24) is 14.7 Å². The van der Waals surface area contributed by atoms with Crippen LogP contribution in [0.4, 0.5) is 0 Å². The number of aromatic nitrogens is 2. The van der Waals surface area contributed by atoms with Gasteiger partial charge >= 0.3 is 0 Å². The Morgan fingerprint density at radius 1 is 1.19 bits per heavy atom. The highest BCUT2D eigenvalue weighted by molar-refractivity contribution is 5.94. The molecule has 3 heterocycles. The van der Waals surface area contributed by atoms with Crippen molar-refractivity contribution >= 4 is 11.4 Å². The van der Waals surface area contributed by atoms with E-state index in [4.69, 9.17) is 9.72 Å². The summed E-state index contributed by atoms with van der Waals surface area (Å²) in [7, 11) is 0. The highest BCUT2D eigenvalue weighted by Crippen LogP contribution is 2.34. The number of nitrogens with one attached hydrogen (secondary N) is 1. The van der Waals surface area contributed by atoms with Gasteiger partial charge in [-0.3, -0.25) is 4.79 Å². The highest BCUT2D eigenvalue weighted by Gasteiger charge is 2.33. The van der Waals surface area contributed by atoms with Gasteiger partial charge in [0.2, 0.25) is 0 Å². The molecule has 2 aromatic heterocycles. The number of benzene rings is 1. The molecule has 5 heteroatoms. The molecular weight excluding hydrogens is 338 g/mol. The maximum Gasteiger partial charge on any atom is 0.251 e. The summed E-state index contributed by atoms with van der Waals surface area (Å²) < 4.78 is 8.42. The second-order valence-corrected chi connectivity index (χ2v) is 7.16. The Morgan fingerprint density at radius 2 is 1.96 bits per heavy atom. The number of imidazole rings is 1. The molecule has 3 aromatic rings. The van der Waals surface area contributed by atoms with Crippen molar-refractivity contribution in [3.8, 4) is 0 Å². The van der Waals surface area contributed by atoms with Gasteiger partial charge in [-0.2, -0.15) is 0 Å². The number of hydrogen-bond donors (Lipinski definition) is 1. The van der Waals surface area contributed by atoms with Gasteiger partial charge in [-0.25, -0.2) is 4.98 Å². The van der Waals surface area contributed by atoms with Gasteiger partial charge in [-0.15, -0.1) is 0 Å². The van der Waals surface area contributed by atoms with Crippen LogP contribution in [0.2, 0.25) is 0 Å². The molecule has 1 amide bonds. The van der Waals surface area contributed by atoms with E-state index in [1.165, 1.54) is 0 Å². The lowest BCUT2D eigenvalue weighted by atomic mass is 9.94. The zero-order chi connectivity index (χ0) is 18.8. The van der Waals surface area contributed by atoms with Gasteiger partial charge in [0.05, 0.1) is 17.3 Å². The van der Waals surface area contributed by atoms with Crippen LogP contribution >= 0.6 is 0 Å². The fourth-order valence-electron chi connectivity index (χ4n) is 3.89. The maximum atomic E-state index is 12.6. The Labute approximate surface area is 159 Å². The normalized spacial score (nSPS) is 22.7. The van der Waals surface area contributed by atoms with Crippen LogP contribution in [0.1, 0.15) is 54.2 Å². The number of pyridine rings is 1. The predicted molar refractivity (Wildman–Crippen MR) is 105 cm³/mol. The van der Waals surface area contributed by atoms with Gasteiger partial charge in [0.25, 0.3) is 5.91 Å². The highest BCUT2D eigenvalue weighted by atomic mass is 16.5. The molecule has 1 aliphatic rings. The summed E-state index contributed by atoms with van der Waals surface area (Å²) in [6, 6.07) is 15.5. The van der Waals surface area contributed by atoms with Crippen LogP contribution in [0, 0.1) is 6.92 Å². The molecule has 0 bridgehead atoms. The number of aryl methyl sites for hydroxylation is 1. The average molecular weight is 363 g/mol. The topological polar surface area (TPSA) is 55.6 Å². The number of ether oxygens (including phenoxy) is 1. The first-order chi connectivity index (χ1) is 13.2. The van der Waals surface area contributed by atoms with Crippen molar-refractivity contribution in [3.05, 3.63) is 71.8 Å². The summed E-state index contributed by atoms with van der Waals surface area (Å²) in [5.41, 5.74) is 2.73. The van der Waals surface area contributed by atoms with Crippen LogP contribution in [-0.2, 0) is 4.74 Å². The SMILES string of the molecule is CC[C@H]1C[C@@H](NC(=O)c2ccccc2)C[C@@H](c2nc(C)n3ccccc23)O1. The summed E-state index contributed by atoms with van der Waals surface area (Å²) in [6.45, 7) is 4.13. The number of carbonyl (C=O) groups is 1. The molecule has 0 aliphatic carbocycles. The average Bonchev–Trinajstić information content (AvgIpc) is 3.05. The molecule has 1 saturated heterocycles. The van der Waals surface area contributed by atoms with Gasteiger partial charge in [-0.05, 0) is 50.5 Å². The summed E-state index contributed by atoms with van der Waals surface area (Å²) >= 11 is 0. The van der Waals surface area contributed by atoms with Gasteiger partial charge in [0.15, 0.2) is 0 Å². The lowest BCUT2D eigenvalue weighted by molar-refractivity contribution is -0.0643. The molecule has 5 nitrogen and oxygen atoms in total. The largest absolute Gasteiger partial charge is 0.368 e. The first-order valence-corrected chi connectivity index (χ1v) is 9.60. The van der Waals surface area contributed by atoms with E-state index in [1.807, 2.05) is 55.6 Å². The Morgan fingerprint density at radius 3 is 2.74 bits per heavy atom. The van der Waals surface area contributed by atoms with E-state index in [-0.39, 0.29) is 24.2 Å². The maximum absolute atomic E-state index is 12.6. The van der Waals surface area contributed by atoms with Crippen molar-refractivity contribution in [3.63, 3.8) is 0 Å². The fourth-order valence-corrected chi connectivity index (χ4v) is 3.89. The molecule has 4 rings (SSSR count). The Hall–Kier alpha value is -2.66. The Balaban J connectivity index is 1.57. The van der Waals surface area contributed by atoms with Gasteiger partial charge in [-0.1, -0.05) is 31.2 Å². The number of rotatable bonds is 4. The summed E-state index contributed by atoms with van der Waals surface area (Å²) in [4.78, 5) is 17.4. The molecule has 1 fully saturated rings. The van der Waals surface area contributed by atoms with Crippen LogP contribution < -0.4 is 5.32 Å². The quantitative estimate of drug-likeness (QED) is 0.760. The number of carbonyl (C=O) groups excluding carboxylic acids is 1. The lowest BCUT2D eigenvalue weighted by Gasteiger charge is -2.35. The monoisotopic (exact) mass is 363 g/mol. The van der Waals surface area contributed by atoms with Crippen LogP contribution in [0.15, 0.2) is 54.7 Å². The number of amides is 1.